The Morgan fingerprint density at radius 1 is 1.30 bits per heavy atom. The second kappa shape index (κ2) is 6.40. The van der Waals surface area contributed by atoms with Crippen molar-refractivity contribution in [3.8, 4) is 0 Å². The first-order valence-corrected chi connectivity index (χ1v) is 7.98. The molecule has 0 amide bonds. The van der Waals surface area contributed by atoms with Gasteiger partial charge in [0.2, 0.25) is 0 Å². The van der Waals surface area contributed by atoms with Crippen molar-refractivity contribution in [1.29, 1.82) is 0 Å². The van der Waals surface area contributed by atoms with Crippen LogP contribution < -0.4 is 10.6 Å². The van der Waals surface area contributed by atoms with Crippen LogP contribution in [0.2, 0.25) is 0 Å². The lowest BCUT2D eigenvalue weighted by atomic mass is 9.92. The summed E-state index contributed by atoms with van der Waals surface area (Å²) < 4.78 is 1.76. The summed E-state index contributed by atoms with van der Waals surface area (Å²) in [6, 6.07) is 8.67. The fourth-order valence-electron chi connectivity index (χ4n) is 2.98. The zero-order valence-corrected chi connectivity index (χ0v) is 14.0. The lowest BCUT2D eigenvalue weighted by Crippen LogP contribution is -2.41. The van der Waals surface area contributed by atoms with Crippen LogP contribution in [0.15, 0.2) is 35.6 Å². The fourth-order valence-corrected chi connectivity index (χ4v) is 2.98. The van der Waals surface area contributed by atoms with E-state index in [1.807, 2.05) is 7.05 Å². The summed E-state index contributed by atoms with van der Waals surface area (Å²) in [5, 5.41) is 10.8. The minimum atomic E-state index is 0.258. The van der Waals surface area contributed by atoms with Gasteiger partial charge in [-0.2, -0.15) is 5.10 Å². The van der Waals surface area contributed by atoms with Gasteiger partial charge in [-0.25, -0.2) is 4.98 Å². The Balaban J connectivity index is 1.58. The highest BCUT2D eigenvalue weighted by atomic mass is 15.3. The van der Waals surface area contributed by atoms with Gasteiger partial charge >= 0.3 is 0 Å². The number of benzene rings is 1. The number of aryl methyl sites for hydroxylation is 2. The first-order valence-electron chi connectivity index (χ1n) is 7.98. The molecule has 6 heteroatoms. The molecule has 1 aliphatic carbocycles. The molecule has 1 heterocycles. The summed E-state index contributed by atoms with van der Waals surface area (Å²) in [4.78, 5) is 8.51. The normalized spacial score (nSPS) is 16.2. The maximum Gasteiger partial charge on any atom is 0.191 e. The molecular formula is C17H24N6. The van der Waals surface area contributed by atoms with Crippen molar-refractivity contribution in [2.24, 2.45) is 12.0 Å². The van der Waals surface area contributed by atoms with Crippen molar-refractivity contribution in [3.63, 3.8) is 0 Å². The fraction of sp³-hybridized carbons (Fsp3) is 0.471. The lowest BCUT2D eigenvalue weighted by Gasteiger charge is -2.20. The SMILES string of the molecule is CN=C(NCc1ncnn1C)NCC1(c2ccccc2C)CC1. The minimum Gasteiger partial charge on any atom is -0.356 e. The maximum absolute atomic E-state index is 4.30. The molecule has 2 aromatic rings. The van der Waals surface area contributed by atoms with Gasteiger partial charge in [0.05, 0.1) is 6.54 Å². The maximum atomic E-state index is 4.30. The quantitative estimate of drug-likeness (QED) is 0.649. The molecule has 23 heavy (non-hydrogen) atoms. The second-order valence-electron chi connectivity index (χ2n) is 6.17. The predicted octanol–water partition coefficient (Wildman–Crippen LogP) is 1.52. The van der Waals surface area contributed by atoms with E-state index in [4.69, 9.17) is 0 Å². The van der Waals surface area contributed by atoms with Gasteiger partial charge in [0, 0.05) is 26.1 Å². The molecule has 0 bridgehead atoms. The lowest BCUT2D eigenvalue weighted by molar-refractivity contribution is 0.631. The van der Waals surface area contributed by atoms with E-state index in [1.54, 1.807) is 18.1 Å². The summed E-state index contributed by atoms with van der Waals surface area (Å²) in [5.74, 6) is 1.68. The zero-order valence-electron chi connectivity index (χ0n) is 14.0. The van der Waals surface area contributed by atoms with Crippen LogP contribution in [-0.2, 0) is 19.0 Å². The topological polar surface area (TPSA) is 67.1 Å². The van der Waals surface area contributed by atoms with Crippen molar-refractivity contribution in [2.75, 3.05) is 13.6 Å². The van der Waals surface area contributed by atoms with Crippen molar-refractivity contribution < 1.29 is 0 Å². The van der Waals surface area contributed by atoms with Gasteiger partial charge in [0.15, 0.2) is 5.96 Å². The molecule has 0 aliphatic heterocycles. The van der Waals surface area contributed by atoms with E-state index in [0.29, 0.717) is 6.54 Å². The van der Waals surface area contributed by atoms with Crippen LogP contribution in [-0.4, -0.2) is 34.3 Å². The molecule has 0 radical (unpaired) electrons. The van der Waals surface area contributed by atoms with E-state index in [0.717, 1.165) is 18.3 Å². The average Bonchev–Trinajstić information content (AvgIpc) is 3.23. The van der Waals surface area contributed by atoms with Gasteiger partial charge in [-0.05, 0) is 30.9 Å². The molecule has 0 atom stereocenters. The monoisotopic (exact) mass is 312 g/mol. The largest absolute Gasteiger partial charge is 0.356 e. The Kier molecular flexibility index (Phi) is 4.32. The molecule has 1 aromatic carbocycles. The smallest absolute Gasteiger partial charge is 0.191 e. The number of rotatable bonds is 5. The second-order valence-corrected chi connectivity index (χ2v) is 6.17. The molecule has 122 valence electrons. The minimum absolute atomic E-state index is 0.258. The molecule has 6 nitrogen and oxygen atoms in total. The average molecular weight is 312 g/mol. The van der Waals surface area contributed by atoms with E-state index in [-0.39, 0.29) is 5.41 Å². The summed E-state index contributed by atoms with van der Waals surface area (Å²) in [6.45, 7) is 3.69. The molecule has 0 unspecified atom stereocenters. The van der Waals surface area contributed by atoms with Crippen LogP contribution in [0.1, 0.15) is 29.8 Å². The molecule has 2 N–H and O–H groups in total. The summed E-state index contributed by atoms with van der Waals surface area (Å²) in [6.07, 6.45) is 4.01. The van der Waals surface area contributed by atoms with Crippen LogP contribution in [0.25, 0.3) is 0 Å². The van der Waals surface area contributed by atoms with Crippen molar-refractivity contribution in [3.05, 3.63) is 47.5 Å². The highest BCUT2D eigenvalue weighted by molar-refractivity contribution is 5.79. The predicted molar refractivity (Wildman–Crippen MR) is 91.3 cm³/mol. The van der Waals surface area contributed by atoms with Crippen LogP contribution in [0.3, 0.4) is 0 Å². The molecule has 1 saturated carbocycles. The Morgan fingerprint density at radius 2 is 2.09 bits per heavy atom. The molecule has 1 aliphatic rings. The van der Waals surface area contributed by atoms with E-state index in [9.17, 15) is 0 Å². The van der Waals surface area contributed by atoms with Gasteiger partial charge in [-0.1, -0.05) is 24.3 Å². The molecular weight excluding hydrogens is 288 g/mol. The number of nitrogens with one attached hydrogen (secondary N) is 2. The number of aromatic nitrogens is 3. The molecule has 0 saturated heterocycles. The Bertz CT molecular complexity index is 699. The molecule has 1 fully saturated rings. The number of nitrogens with zero attached hydrogens (tertiary/aromatic N) is 4. The number of aliphatic imine (C=N–C) groups is 1. The summed E-state index contributed by atoms with van der Waals surface area (Å²) in [5.41, 5.74) is 3.08. The van der Waals surface area contributed by atoms with Gasteiger partial charge in [0.25, 0.3) is 0 Å². The molecule has 1 aromatic heterocycles. The summed E-state index contributed by atoms with van der Waals surface area (Å²) in [7, 11) is 3.68. The van der Waals surface area contributed by atoms with Gasteiger partial charge in [-0.15, -0.1) is 0 Å². The van der Waals surface area contributed by atoms with Gasteiger partial charge in [-0.3, -0.25) is 9.67 Å². The zero-order chi connectivity index (χ0) is 16.3. The third-order valence-electron chi connectivity index (χ3n) is 4.61. The number of hydrogen-bond donors (Lipinski definition) is 2. The van der Waals surface area contributed by atoms with Crippen molar-refractivity contribution in [1.82, 2.24) is 25.4 Å². The first kappa shape index (κ1) is 15.5. The standard InChI is InChI=1S/C17H24N6/c1-13-6-4-5-7-14(13)17(8-9-17)11-20-16(18-2)19-10-15-21-12-22-23(15)3/h4-7,12H,8-11H2,1-3H3,(H2,18,19,20). The van der Waals surface area contributed by atoms with Crippen LogP contribution in [0.5, 0.6) is 0 Å². The molecule has 0 spiro atoms. The van der Waals surface area contributed by atoms with Gasteiger partial charge in [0.1, 0.15) is 12.2 Å². The van der Waals surface area contributed by atoms with Crippen LogP contribution in [0.4, 0.5) is 0 Å². The Morgan fingerprint density at radius 3 is 2.70 bits per heavy atom. The number of guanidine groups is 1. The van der Waals surface area contributed by atoms with Gasteiger partial charge < -0.3 is 10.6 Å². The summed E-state index contributed by atoms with van der Waals surface area (Å²) >= 11 is 0. The van der Waals surface area contributed by atoms with E-state index in [1.165, 1.54) is 24.0 Å². The third-order valence-corrected chi connectivity index (χ3v) is 4.61. The third kappa shape index (κ3) is 3.36. The highest BCUT2D eigenvalue weighted by Gasteiger charge is 2.44. The Labute approximate surface area is 137 Å². The first-order chi connectivity index (χ1) is 11.1. The van der Waals surface area contributed by atoms with E-state index < -0.39 is 0 Å². The van der Waals surface area contributed by atoms with Crippen LogP contribution >= 0.6 is 0 Å². The van der Waals surface area contributed by atoms with Crippen molar-refractivity contribution >= 4 is 5.96 Å². The van der Waals surface area contributed by atoms with E-state index >= 15 is 0 Å². The number of hydrogen-bond acceptors (Lipinski definition) is 3. The highest BCUT2D eigenvalue weighted by Crippen LogP contribution is 2.48. The van der Waals surface area contributed by atoms with Crippen molar-refractivity contribution in [2.45, 2.75) is 31.7 Å². The molecule has 3 rings (SSSR count). The van der Waals surface area contributed by atoms with Crippen LogP contribution in [0, 0.1) is 6.92 Å². The van der Waals surface area contributed by atoms with E-state index in [2.05, 4.69) is 56.9 Å². The Hall–Kier alpha value is -2.37.